The lowest BCUT2D eigenvalue weighted by molar-refractivity contribution is -0.147. The number of carbonyl (C=O) groups is 2. The van der Waals surface area contributed by atoms with Gasteiger partial charge in [-0.3, -0.25) is 9.59 Å². The molecule has 0 fully saturated rings. The molecule has 4 heteroatoms. The molecule has 4 atom stereocenters. The highest BCUT2D eigenvalue weighted by Crippen LogP contribution is 2.45. The van der Waals surface area contributed by atoms with E-state index in [9.17, 15) is 14.7 Å². The third-order valence-electron chi connectivity index (χ3n) is 6.51. The summed E-state index contributed by atoms with van der Waals surface area (Å²) in [4.78, 5) is 26.3. The van der Waals surface area contributed by atoms with Crippen LogP contribution in [0.1, 0.15) is 34.1 Å². The fourth-order valence-corrected chi connectivity index (χ4v) is 4.65. The number of nitrogens with one attached hydrogen (secondary N) is 1. The fourth-order valence-electron chi connectivity index (χ4n) is 4.65. The third kappa shape index (κ3) is 4.22. The summed E-state index contributed by atoms with van der Waals surface area (Å²) in [5, 5.41) is 13.3. The highest BCUT2D eigenvalue weighted by atomic mass is 16.4. The molecule has 4 nitrogen and oxygen atoms in total. The van der Waals surface area contributed by atoms with Gasteiger partial charge in [0.25, 0.3) is 0 Å². The maximum absolute atomic E-state index is 13.7. The van der Waals surface area contributed by atoms with Gasteiger partial charge in [-0.1, -0.05) is 84.9 Å². The molecule has 0 bridgehead atoms. The molecule has 32 heavy (non-hydrogen) atoms. The Morgan fingerprint density at radius 2 is 1.25 bits per heavy atom. The number of aryl methyl sites for hydroxylation is 1. The van der Waals surface area contributed by atoms with Crippen LogP contribution in [0.25, 0.3) is 0 Å². The Balaban J connectivity index is 1.79. The van der Waals surface area contributed by atoms with E-state index in [4.69, 9.17) is 0 Å². The molecule has 0 heterocycles. The molecule has 1 aliphatic rings. The van der Waals surface area contributed by atoms with E-state index in [1.54, 1.807) is 0 Å². The molecule has 1 amide bonds. The van der Waals surface area contributed by atoms with Crippen molar-refractivity contribution in [3.63, 3.8) is 0 Å². The standard InChI is InChI=1S/C28H27NO3/c1-18-10-9-15-24(19(18)2)29-27(30)25-22(20-11-5-3-6-12-20)16-17-23(26(25)28(31)32)21-13-7-4-8-14-21/h3-17,22-23,25-26H,1-2H3,(H,29,30)(H,31,32)/t22-,23+,25+,26+/m1/s1. The van der Waals surface area contributed by atoms with Crippen molar-refractivity contribution < 1.29 is 14.7 Å². The quantitative estimate of drug-likeness (QED) is 0.516. The number of hydrogen-bond donors (Lipinski definition) is 2. The normalized spacial score (nSPS) is 22.3. The van der Waals surface area contributed by atoms with Gasteiger partial charge in [0.2, 0.25) is 5.91 Å². The summed E-state index contributed by atoms with van der Waals surface area (Å²) in [6.07, 6.45) is 3.95. The molecule has 0 aromatic heterocycles. The van der Waals surface area contributed by atoms with E-state index in [-0.39, 0.29) is 17.7 Å². The Labute approximate surface area is 188 Å². The van der Waals surface area contributed by atoms with Gasteiger partial charge in [-0.15, -0.1) is 0 Å². The van der Waals surface area contributed by atoms with Crippen molar-refractivity contribution in [1.29, 1.82) is 0 Å². The Morgan fingerprint density at radius 3 is 1.78 bits per heavy atom. The number of amides is 1. The maximum Gasteiger partial charge on any atom is 0.308 e. The summed E-state index contributed by atoms with van der Waals surface area (Å²) in [5.74, 6) is -3.61. The minimum atomic E-state index is -0.967. The first kappa shape index (κ1) is 21.6. The largest absolute Gasteiger partial charge is 0.481 e. The molecular formula is C28H27NO3. The molecule has 0 aliphatic heterocycles. The zero-order valence-electron chi connectivity index (χ0n) is 18.2. The smallest absolute Gasteiger partial charge is 0.308 e. The van der Waals surface area contributed by atoms with Crippen LogP contribution in [0.2, 0.25) is 0 Å². The molecule has 0 saturated heterocycles. The first-order valence-corrected chi connectivity index (χ1v) is 10.9. The molecule has 0 unspecified atom stereocenters. The lowest BCUT2D eigenvalue weighted by Gasteiger charge is -2.37. The lowest BCUT2D eigenvalue weighted by Crippen LogP contribution is -2.42. The molecular weight excluding hydrogens is 398 g/mol. The first-order valence-electron chi connectivity index (χ1n) is 10.9. The summed E-state index contributed by atoms with van der Waals surface area (Å²) in [7, 11) is 0. The Bertz CT molecular complexity index is 1140. The van der Waals surface area contributed by atoms with Gasteiger partial charge < -0.3 is 10.4 Å². The number of carboxylic acids is 1. The minimum Gasteiger partial charge on any atom is -0.481 e. The number of carbonyl (C=O) groups excluding carboxylic acids is 1. The molecule has 3 aromatic rings. The van der Waals surface area contributed by atoms with Gasteiger partial charge in [0.05, 0.1) is 11.8 Å². The van der Waals surface area contributed by atoms with Gasteiger partial charge in [-0.2, -0.15) is 0 Å². The Morgan fingerprint density at radius 1 is 0.719 bits per heavy atom. The van der Waals surface area contributed by atoms with Gasteiger partial charge in [-0.05, 0) is 42.2 Å². The molecule has 0 saturated carbocycles. The van der Waals surface area contributed by atoms with Gasteiger partial charge in [-0.25, -0.2) is 0 Å². The van der Waals surface area contributed by atoms with Crippen molar-refractivity contribution in [3.05, 3.63) is 113 Å². The average Bonchev–Trinajstić information content (AvgIpc) is 2.82. The molecule has 3 aromatic carbocycles. The summed E-state index contributed by atoms with van der Waals surface area (Å²) in [5.41, 5.74) is 4.60. The van der Waals surface area contributed by atoms with Crippen LogP contribution >= 0.6 is 0 Å². The van der Waals surface area contributed by atoms with Crippen LogP contribution in [0.5, 0.6) is 0 Å². The summed E-state index contributed by atoms with van der Waals surface area (Å²) in [6, 6.07) is 25.0. The SMILES string of the molecule is Cc1cccc(NC(=O)[C@@H]2[C@@H](C(=O)O)[C@H](c3ccccc3)C=C[C@@H]2c2ccccc2)c1C. The van der Waals surface area contributed by atoms with E-state index in [1.165, 1.54) is 0 Å². The molecule has 1 aliphatic carbocycles. The van der Waals surface area contributed by atoms with Crippen molar-refractivity contribution >= 4 is 17.6 Å². The van der Waals surface area contributed by atoms with Crippen molar-refractivity contribution in [2.24, 2.45) is 11.8 Å². The number of aliphatic carboxylic acids is 1. The van der Waals surface area contributed by atoms with Crippen LogP contribution in [0.15, 0.2) is 91.0 Å². The second-order valence-electron chi connectivity index (χ2n) is 8.38. The predicted molar refractivity (Wildman–Crippen MR) is 127 cm³/mol. The fraction of sp³-hybridized carbons (Fsp3) is 0.214. The number of rotatable bonds is 5. The van der Waals surface area contributed by atoms with E-state index >= 15 is 0 Å². The van der Waals surface area contributed by atoms with Gasteiger partial charge in [0.15, 0.2) is 0 Å². The van der Waals surface area contributed by atoms with E-state index in [0.717, 1.165) is 27.9 Å². The molecule has 2 N–H and O–H groups in total. The molecule has 4 rings (SSSR count). The second kappa shape index (κ2) is 9.23. The minimum absolute atomic E-state index is 0.273. The van der Waals surface area contributed by atoms with Crippen LogP contribution in [0, 0.1) is 25.7 Å². The number of carboxylic acid groups (broad SMARTS) is 1. The average molecular weight is 426 g/mol. The molecule has 162 valence electrons. The number of allylic oxidation sites excluding steroid dienone is 2. The highest BCUT2D eigenvalue weighted by molar-refractivity contribution is 5.97. The molecule has 0 spiro atoms. The second-order valence-corrected chi connectivity index (χ2v) is 8.38. The number of benzene rings is 3. The monoisotopic (exact) mass is 425 g/mol. The van der Waals surface area contributed by atoms with Crippen molar-refractivity contribution in [3.8, 4) is 0 Å². The van der Waals surface area contributed by atoms with Crippen molar-refractivity contribution in [1.82, 2.24) is 0 Å². The molecule has 0 radical (unpaired) electrons. The maximum atomic E-state index is 13.7. The first-order chi connectivity index (χ1) is 15.5. The van der Waals surface area contributed by atoms with Crippen LogP contribution < -0.4 is 5.32 Å². The van der Waals surface area contributed by atoms with Crippen LogP contribution in [-0.4, -0.2) is 17.0 Å². The number of hydrogen-bond acceptors (Lipinski definition) is 2. The lowest BCUT2D eigenvalue weighted by atomic mass is 9.66. The van der Waals surface area contributed by atoms with E-state index < -0.39 is 17.8 Å². The van der Waals surface area contributed by atoms with Crippen molar-refractivity contribution in [2.45, 2.75) is 25.7 Å². The van der Waals surface area contributed by atoms with Crippen LogP contribution in [-0.2, 0) is 9.59 Å². The summed E-state index contributed by atoms with van der Waals surface area (Å²) >= 11 is 0. The summed E-state index contributed by atoms with van der Waals surface area (Å²) < 4.78 is 0. The third-order valence-corrected chi connectivity index (χ3v) is 6.51. The Hall–Kier alpha value is -3.66. The van der Waals surface area contributed by atoms with Gasteiger partial charge in [0.1, 0.15) is 0 Å². The van der Waals surface area contributed by atoms with Crippen LogP contribution in [0.4, 0.5) is 5.69 Å². The zero-order valence-corrected chi connectivity index (χ0v) is 18.2. The zero-order chi connectivity index (χ0) is 22.7. The number of anilines is 1. The van der Waals surface area contributed by atoms with E-state index in [1.807, 2.05) is 105 Å². The van der Waals surface area contributed by atoms with Gasteiger partial charge in [0, 0.05) is 17.5 Å². The topological polar surface area (TPSA) is 66.4 Å². The van der Waals surface area contributed by atoms with Gasteiger partial charge >= 0.3 is 5.97 Å². The van der Waals surface area contributed by atoms with Crippen molar-refractivity contribution in [2.75, 3.05) is 5.32 Å². The van der Waals surface area contributed by atoms with Crippen LogP contribution in [0.3, 0.4) is 0 Å². The highest BCUT2D eigenvalue weighted by Gasteiger charge is 2.46. The predicted octanol–water partition coefficient (Wildman–Crippen LogP) is 5.70. The summed E-state index contributed by atoms with van der Waals surface area (Å²) in [6.45, 7) is 3.95. The van der Waals surface area contributed by atoms with E-state index in [2.05, 4.69) is 5.32 Å². The van der Waals surface area contributed by atoms with E-state index in [0.29, 0.717) is 0 Å². The Kier molecular flexibility index (Phi) is 6.22.